The topological polar surface area (TPSA) is 104 Å². The van der Waals surface area contributed by atoms with Crippen LogP contribution >= 0.6 is 0 Å². The van der Waals surface area contributed by atoms with E-state index in [4.69, 9.17) is 5.11 Å². The molecule has 25 heavy (non-hydrogen) atoms. The number of nitrogens with zero attached hydrogens (tertiary/aromatic N) is 1. The third-order valence-corrected chi connectivity index (χ3v) is 6.67. The van der Waals surface area contributed by atoms with Gasteiger partial charge in [0.15, 0.2) is 0 Å². The van der Waals surface area contributed by atoms with Gasteiger partial charge in [-0.15, -0.1) is 0 Å². The van der Waals surface area contributed by atoms with Crippen molar-refractivity contribution in [2.75, 3.05) is 13.1 Å². The molecule has 0 spiro atoms. The van der Waals surface area contributed by atoms with E-state index in [2.05, 4.69) is 5.32 Å². The molecule has 0 saturated heterocycles. The summed E-state index contributed by atoms with van der Waals surface area (Å²) >= 11 is 0. The minimum atomic E-state index is -3.64. The molecule has 0 unspecified atom stereocenters. The van der Waals surface area contributed by atoms with Gasteiger partial charge in [-0.25, -0.2) is 8.42 Å². The molecule has 0 atom stereocenters. The first-order valence-corrected chi connectivity index (χ1v) is 9.79. The van der Waals surface area contributed by atoms with Crippen LogP contribution < -0.4 is 5.32 Å². The van der Waals surface area contributed by atoms with Gasteiger partial charge in [0, 0.05) is 24.7 Å². The van der Waals surface area contributed by atoms with Crippen molar-refractivity contribution in [1.29, 1.82) is 0 Å². The fourth-order valence-electron chi connectivity index (χ4n) is 2.92. The molecule has 1 saturated carbocycles. The first-order valence-electron chi connectivity index (χ1n) is 8.35. The van der Waals surface area contributed by atoms with E-state index in [0.717, 1.165) is 0 Å². The maximum atomic E-state index is 12.6. The van der Waals surface area contributed by atoms with Crippen molar-refractivity contribution < 1.29 is 23.1 Å². The molecule has 1 aromatic carbocycles. The van der Waals surface area contributed by atoms with Crippen molar-refractivity contribution >= 4 is 21.9 Å². The number of carboxylic acid groups (broad SMARTS) is 1. The van der Waals surface area contributed by atoms with Crippen LogP contribution in [0.25, 0.3) is 0 Å². The zero-order valence-electron chi connectivity index (χ0n) is 14.7. The van der Waals surface area contributed by atoms with Crippen LogP contribution in [0.4, 0.5) is 0 Å². The highest BCUT2D eigenvalue weighted by molar-refractivity contribution is 7.89. The lowest BCUT2D eigenvalue weighted by Crippen LogP contribution is -2.46. The highest BCUT2D eigenvalue weighted by Crippen LogP contribution is 2.28. The summed E-state index contributed by atoms with van der Waals surface area (Å²) in [6.07, 6.45) is 0.801. The molecule has 2 N–H and O–H groups in total. The Bertz CT molecular complexity index is 765. The van der Waals surface area contributed by atoms with E-state index < -0.39 is 21.9 Å². The Balaban J connectivity index is 2.19. The zero-order chi connectivity index (χ0) is 18.8. The maximum Gasteiger partial charge on any atom is 0.306 e. The molecule has 1 amide bonds. The van der Waals surface area contributed by atoms with Crippen LogP contribution in [0.5, 0.6) is 0 Å². The van der Waals surface area contributed by atoms with Gasteiger partial charge in [-0.3, -0.25) is 9.59 Å². The molecule has 8 heteroatoms. The lowest BCUT2D eigenvalue weighted by Gasteiger charge is -2.33. The Morgan fingerprint density at radius 2 is 1.84 bits per heavy atom. The Kier molecular flexibility index (Phi) is 5.84. The second kappa shape index (κ2) is 7.53. The molecular weight excluding hydrogens is 344 g/mol. The number of carboxylic acids is 1. The number of carbonyl (C=O) groups is 2. The lowest BCUT2D eigenvalue weighted by atomic mass is 9.80. The second-order valence-electron chi connectivity index (χ2n) is 6.24. The minimum Gasteiger partial charge on any atom is -0.481 e. The van der Waals surface area contributed by atoms with Crippen molar-refractivity contribution in [3.63, 3.8) is 0 Å². The average Bonchev–Trinajstić information content (AvgIpc) is 2.50. The highest BCUT2D eigenvalue weighted by atomic mass is 32.2. The third kappa shape index (κ3) is 4.01. The summed E-state index contributed by atoms with van der Waals surface area (Å²) in [5.41, 5.74) is 0.970. The number of benzene rings is 1. The number of nitrogens with one attached hydrogen (secondary N) is 1. The molecule has 0 aliphatic heterocycles. The Morgan fingerprint density at radius 3 is 2.36 bits per heavy atom. The van der Waals surface area contributed by atoms with Crippen molar-refractivity contribution in [2.24, 2.45) is 5.92 Å². The molecule has 1 aliphatic carbocycles. The van der Waals surface area contributed by atoms with Crippen LogP contribution in [-0.2, 0) is 14.8 Å². The Labute approximate surface area is 148 Å². The number of hydrogen-bond donors (Lipinski definition) is 2. The number of amides is 1. The summed E-state index contributed by atoms with van der Waals surface area (Å²) in [6, 6.07) is 4.33. The molecule has 0 heterocycles. The van der Waals surface area contributed by atoms with E-state index in [9.17, 15) is 18.0 Å². The van der Waals surface area contributed by atoms with Crippen molar-refractivity contribution in [1.82, 2.24) is 9.62 Å². The van der Waals surface area contributed by atoms with Gasteiger partial charge in [0.1, 0.15) is 0 Å². The summed E-state index contributed by atoms with van der Waals surface area (Å²) in [5.74, 6) is -1.64. The van der Waals surface area contributed by atoms with Crippen molar-refractivity contribution in [3.05, 3.63) is 29.3 Å². The summed E-state index contributed by atoms with van der Waals surface area (Å²) < 4.78 is 26.6. The van der Waals surface area contributed by atoms with Crippen LogP contribution in [0, 0.1) is 12.8 Å². The fourth-order valence-corrected chi connectivity index (χ4v) is 4.40. The predicted octanol–water partition coefficient (Wildman–Crippen LogP) is 1.62. The van der Waals surface area contributed by atoms with Crippen LogP contribution in [0.15, 0.2) is 23.1 Å². The number of sulfonamides is 1. The molecule has 1 aromatic rings. The summed E-state index contributed by atoms with van der Waals surface area (Å²) in [4.78, 5) is 23.4. The molecule has 2 rings (SSSR count). The van der Waals surface area contributed by atoms with Crippen molar-refractivity contribution in [2.45, 2.75) is 44.6 Å². The molecule has 0 bridgehead atoms. The van der Waals surface area contributed by atoms with Crippen LogP contribution in [0.3, 0.4) is 0 Å². The number of aliphatic carboxylic acids is 1. The quantitative estimate of drug-likeness (QED) is 0.761. The van der Waals surface area contributed by atoms with Crippen LogP contribution in [0.1, 0.15) is 42.6 Å². The van der Waals surface area contributed by atoms with Crippen LogP contribution in [0.2, 0.25) is 0 Å². The second-order valence-corrected chi connectivity index (χ2v) is 8.18. The smallest absolute Gasteiger partial charge is 0.306 e. The minimum absolute atomic E-state index is 0.0870. The maximum absolute atomic E-state index is 12.6. The Hall–Kier alpha value is -1.93. The Morgan fingerprint density at radius 1 is 1.24 bits per heavy atom. The summed E-state index contributed by atoms with van der Waals surface area (Å²) in [6.45, 7) is 5.97. The number of rotatable bonds is 7. The fraction of sp³-hybridized carbons (Fsp3) is 0.529. The SMILES string of the molecule is CCN(CC)S(=O)(=O)c1ccc(C)c(C(=O)NC2CC(C(=O)O)C2)c1. The molecule has 7 nitrogen and oxygen atoms in total. The average molecular weight is 368 g/mol. The monoisotopic (exact) mass is 368 g/mol. The number of aryl methyl sites for hydroxylation is 1. The molecular formula is C17H24N2O5S. The summed E-state index contributed by atoms with van der Waals surface area (Å²) in [5, 5.41) is 11.7. The van der Waals surface area contributed by atoms with E-state index in [-0.39, 0.29) is 16.8 Å². The van der Waals surface area contributed by atoms with E-state index >= 15 is 0 Å². The van der Waals surface area contributed by atoms with E-state index in [1.54, 1.807) is 26.8 Å². The number of hydrogen-bond acceptors (Lipinski definition) is 4. The largest absolute Gasteiger partial charge is 0.481 e. The van der Waals surface area contributed by atoms with Crippen LogP contribution in [-0.4, -0.2) is 48.8 Å². The van der Waals surface area contributed by atoms with Gasteiger partial charge < -0.3 is 10.4 Å². The van der Waals surface area contributed by atoms with E-state index in [1.165, 1.54) is 16.4 Å². The van der Waals surface area contributed by atoms with Gasteiger partial charge in [0.05, 0.1) is 10.8 Å². The van der Waals surface area contributed by atoms with Gasteiger partial charge in [-0.05, 0) is 37.5 Å². The van der Waals surface area contributed by atoms with Gasteiger partial charge >= 0.3 is 5.97 Å². The number of carbonyl (C=O) groups excluding carboxylic acids is 1. The molecule has 1 fully saturated rings. The lowest BCUT2D eigenvalue weighted by molar-refractivity contribution is -0.145. The van der Waals surface area contributed by atoms with Crippen molar-refractivity contribution in [3.8, 4) is 0 Å². The van der Waals surface area contributed by atoms with Gasteiger partial charge in [0.2, 0.25) is 10.0 Å². The molecule has 1 aliphatic rings. The van der Waals surface area contributed by atoms with Gasteiger partial charge in [0.25, 0.3) is 5.91 Å². The summed E-state index contributed by atoms with van der Waals surface area (Å²) in [7, 11) is -3.64. The van der Waals surface area contributed by atoms with E-state index in [1.807, 2.05) is 0 Å². The molecule has 0 aromatic heterocycles. The first-order chi connectivity index (χ1) is 11.7. The zero-order valence-corrected chi connectivity index (χ0v) is 15.5. The van der Waals surface area contributed by atoms with Gasteiger partial charge in [-0.2, -0.15) is 4.31 Å². The van der Waals surface area contributed by atoms with Gasteiger partial charge in [-0.1, -0.05) is 19.9 Å². The first kappa shape index (κ1) is 19.4. The van der Waals surface area contributed by atoms with E-state index in [0.29, 0.717) is 37.1 Å². The normalized spacial score (nSPS) is 20.2. The standard InChI is InChI=1S/C17H24N2O5S/c1-4-19(5-2)25(23,24)14-7-6-11(3)15(10-14)16(20)18-13-8-12(9-13)17(21)22/h6-7,10,12-13H,4-5,8-9H2,1-3H3,(H,18,20)(H,21,22). The predicted molar refractivity (Wildman–Crippen MR) is 92.9 cm³/mol. The molecule has 138 valence electrons. The molecule has 0 radical (unpaired) electrons. The third-order valence-electron chi connectivity index (χ3n) is 4.62. The highest BCUT2D eigenvalue weighted by Gasteiger charge is 2.35.